The largest absolute Gasteiger partial charge is 0.338 e. The Balaban J connectivity index is 2.55. The molecule has 4 heteroatoms. The van der Waals surface area contributed by atoms with E-state index in [0.717, 1.165) is 19.4 Å². The molecule has 14 heavy (non-hydrogen) atoms. The maximum absolute atomic E-state index is 11.8. The van der Waals surface area contributed by atoms with Crippen molar-refractivity contribution in [2.75, 3.05) is 24.4 Å². The molecule has 0 aliphatic carbocycles. The van der Waals surface area contributed by atoms with Crippen LogP contribution in [0.2, 0.25) is 0 Å². The van der Waals surface area contributed by atoms with Crippen molar-refractivity contribution in [3.63, 3.8) is 0 Å². The van der Waals surface area contributed by atoms with Crippen LogP contribution in [0.25, 0.3) is 0 Å². The maximum Gasteiger partial charge on any atom is 0.232 e. The quantitative estimate of drug-likeness (QED) is 0.700. The molecule has 1 fully saturated rings. The van der Waals surface area contributed by atoms with Crippen molar-refractivity contribution >= 4 is 29.3 Å². The predicted molar refractivity (Wildman–Crippen MR) is 63.1 cm³/mol. The zero-order valence-electron chi connectivity index (χ0n) is 8.67. The van der Waals surface area contributed by atoms with Crippen molar-refractivity contribution in [2.24, 2.45) is 0 Å². The van der Waals surface area contributed by atoms with Gasteiger partial charge in [0.15, 0.2) is 0 Å². The van der Waals surface area contributed by atoms with E-state index in [1.54, 1.807) is 11.8 Å². The maximum atomic E-state index is 11.8. The van der Waals surface area contributed by atoms with Crippen LogP contribution < -0.4 is 0 Å². The number of amides is 1. The fraction of sp³-hybridized carbons (Fsp3) is 0.900. The van der Waals surface area contributed by atoms with Gasteiger partial charge in [-0.3, -0.25) is 4.79 Å². The Morgan fingerprint density at radius 2 is 2.29 bits per heavy atom. The highest BCUT2D eigenvalue weighted by molar-refractivity contribution is 7.99. The van der Waals surface area contributed by atoms with Crippen molar-refractivity contribution in [1.82, 2.24) is 4.90 Å². The van der Waals surface area contributed by atoms with Gasteiger partial charge in [-0.15, -0.1) is 11.6 Å². The molecule has 1 heterocycles. The molecular weight excluding hydrogens is 218 g/mol. The monoisotopic (exact) mass is 235 g/mol. The van der Waals surface area contributed by atoms with Gasteiger partial charge >= 0.3 is 0 Å². The average Bonchev–Trinajstić information content (AvgIpc) is 2.42. The molecule has 0 saturated carbocycles. The van der Waals surface area contributed by atoms with E-state index in [-0.39, 0.29) is 11.9 Å². The molecule has 82 valence electrons. The van der Waals surface area contributed by atoms with Gasteiger partial charge in [0.05, 0.1) is 5.75 Å². The minimum absolute atomic E-state index is 0.255. The fourth-order valence-electron chi connectivity index (χ4n) is 1.87. The van der Waals surface area contributed by atoms with E-state index in [2.05, 4.69) is 0 Å². The van der Waals surface area contributed by atoms with Crippen molar-refractivity contribution < 1.29 is 4.79 Å². The summed E-state index contributed by atoms with van der Waals surface area (Å²) in [6.45, 7) is 0.900. The second-order valence-corrected chi connectivity index (χ2v) is 4.85. The lowest BCUT2D eigenvalue weighted by Crippen LogP contribution is -2.42. The van der Waals surface area contributed by atoms with Gasteiger partial charge in [0.1, 0.15) is 0 Å². The number of nitrogens with zero attached hydrogens (tertiary/aromatic N) is 1. The van der Waals surface area contributed by atoms with Gasteiger partial charge < -0.3 is 4.90 Å². The van der Waals surface area contributed by atoms with Crippen LogP contribution in [-0.4, -0.2) is 41.3 Å². The predicted octanol–water partition coefficient (Wildman–Crippen LogP) is 2.36. The average molecular weight is 236 g/mol. The Hall–Kier alpha value is 0.110. The zero-order valence-corrected chi connectivity index (χ0v) is 10.2. The van der Waals surface area contributed by atoms with Crippen LogP contribution in [0.5, 0.6) is 0 Å². The van der Waals surface area contributed by atoms with E-state index in [1.165, 1.54) is 12.8 Å². The van der Waals surface area contributed by atoms with Crippen molar-refractivity contribution in [2.45, 2.75) is 31.7 Å². The highest BCUT2D eigenvalue weighted by Crippen LogP contribution is 2.18. The summed E-state index contributed by atoms with van der Waals surface area (Å²) < 4.78 is 0. The molecule has 0 aromatic carbocycles. The first-order valence-corrected chi connectivity index (χ1v) is 7.06. The summed E-state index contributed by atoms with van der Waals surface area (Å²) in [4.78, 5) is 13.7. The Morgan fingerprint density at radius 1 is 1.50 bits per heavy atom. The molecule has 0 N–H and O–H groups in total. The summed E-state index contributed by atoms with van der Waals surface area (Å²) in [5.41, 5.74) is 0. The van der Waals surface area contributed by atoms with E-state index in [1.807, 2.05) is 11.2 Å². The van der Waals surface area contributed by atoms with E-state index in [4.69, 9.17) is 11.6 Å². The molecular formula is C10H18ClNOS. The number of halogens is 1. The standard InChI is InChI=1S/C10H18ClNOS/c1-14-8-10(13)12-6-4-2-3-5-9(12)7-11/h9H,2-8H2,1H3. The third kappa shape index (κ3) is 3.35. The molecule has 0 spiro atoms. The normalized spacial score (nSPS) is 23.3. The van der Waals surface area contributed by atoms with Gasteiger partial charge in [-0.05, 0) is 19.1 Å². The molecule has 1 saturated heterocycles. The third-order valence-electron chi connectivity index (χ3n) is 2.64. The zero-order chi connectivity index (χ0) is 10.4. The molecule has 1 amide bonds. The van der Waals surface area contributed by atoms with Gasteiger partial charge in [-0.25, -0.2) is 0 Å². The third-order valence-corrected chi connectivity index (χ3v) is 3.54. The van der Waals surface area contributed by atoms with Crippen LogP contribution in [0.15, 0.2) is 0 Å². The number of hydrogen-bond acceptors (Lipinski definition) is 2. The number of rotatable bonds is 3. The van der Waals surface area contributed by atoms with Crippen LogP contribution in [0.1, 0.15) is 25.7 Å². The van der Waals surface area contributed by atoms with Gasteiger partial charge in [-0.1, -0.05) is 12.8 Å². The van der Waals surface area contributed by atoms with Crippen LogP contribution in [0, 0.1) is 0 Å². The van der Waals surface area contributed by atoms with E-state index >= 15 is 0 Å². The minimum atomic E-state index is 0.255. The fourth-order valence-corrected chi connectivity index (χ4v) is 2.61. The number of alkyl halides is 1. The Bertz CT molecular complexity index is 189. The lowest BCUT2D eigenvalue weighted by molar-refractivity contribution is -0.130. The van der Waals surface area contributed by atoms with Gasteiger partial charge in [-0.2, -0.15) is 11.8 Å². The summed E-state index contributed by atoms with van der Waals surface area (Å²) in [7, 11) is 0. The Morgan fingerprint density at radius 3 is 2.93 bits per heavy atom. The summed E-state index contributed by atoms with van der Waals surface area (Å²) >= 11 is 7.48. The van der Waals surface area contributed by atoms with Crippen LogP contribution in [0.4, 0.5) is 0 Å². The molecule has 0 bridgehead atoms. The van der Waals surface area contributed by atoms with E-state index in [9.17, 15) is 4.79 Å². The second kappa shape index (κ2) is 6.57. The van der Waals surface area contributed by atoms with Crippen molar-refractivity contribution in [3.8, 4) is 0 Å². The first kappa shape index (κ1) is 12.2. The second-order valence-electron chi connectivity index (χ2n) is 3.68. The topological polar surface area (TPSA) is 20.3 Å². The van der Waals surface area contributed by atoms with Gasteiger partial charge in [0.2, 0.25) is 5.91 Å². The molecule has 1 aliphatic rings. The SMILES string of the molecule is CSCC(=O)N1CCCCCC1CCl. The number of carbonyl (C=O) groups excluding carboxylic acids is 1. The Kier molecular flexibility index (Phi) is 5.71. The first-order valence-electron chi connectivity index (χ1n) is 5.14. The molecule has 0 aromatic rings. The number of thioether (sulfide) groups is 1. The van der Waals surface area contributed by atoms with Crippen molar-refractivity contribution in [3.05, 3.63) is 0 Å². The highest BCUT2D eigenvalue weighted by Gasteiger charge is 2.23. The summed E-state index contributed by atoms with van der Waals surface area (Å²) in [6.07, 6.45) is 6.61. The van der Waals surface area contributed by atoms with E-state index in [0.29, 0.717) is 11.6 Å². The molecule has 0 radical (unpaired) electrons. The summed E-state index contributed by atoms with van der Waals surface area (Å²) in [5, 5.41) is 0. The van der Waals surface area contributed by atoms with E-state index < -0.39 is 0 Å². The van der Waals surface area contributed by atoms with Crippen LogP contribution >= 0.6 is 23.4 Å². The summed E-state index contributed by atoms with van der Waals surface area (Å²) in [6, 6.07) is 0.277. The number of hydrogen-bond donors (Lipinski definition) is 0. The molecule has 1 aliphatic heterocycles. The summed E-state index contributed by atoms with van der Waals surface area (Å²) in [5.74, 6) is 1.43. The van der Waals surface area contributed by atoms with Gasteiger partial charge in [0, 0.05) is 18.5 Å². The van der Waals surface area contributed by atoms with Gasteiger partial charge in [0.25, 0.3) is 0 Å². The number of carbonyl (C=O) groups is 1. The lowest BCUT2D eigenvalue weighted by atomic mass is 10.1. The lowest BCUT2D eigenvalue weighted by Gasteiger charge is -2.28. The van der Waals surface area contributed by atoms with Crippen LogP contribution in [-0.2, 0) is 4.79 Å². The van der Waals surface area contributed by atoms with Crippen LogP contribution in [0.3, 0.4) is 0 Å². The molecule has 0 aromatic heterocycles. The smallest absolute Gasteiger partial charge is 0.232 e. The van der Waals surface area contributed by atoms with Crippen molar-refractivity contribution in [1.29, 1.82) is 0 Å². The Labute approximate surface area is 95.4 Å². The molecule has 2 nitrogen and oxygen atoms in total. The molecule has 1 rings (SSSR count). The highest BCUT2D eigenvalue weighted by atomic mass is 35.5. The first-order chi connectivity index (χ1) is 6.79. The minimum Gasteiger partial charge on any atom is -0.338 e. The molecule has 1 atom stereocenters. The molecule has 1 unspecified atom stereocenters. The number of likely N-dealkylation sites (tertiary alicyclic amines) is 1.